The van der Waals surface area contributed by atoms with E-state index >= 15 is 0 Å². The monoisotopic (exact) mass is 503 g/mol. The molecule has 2 aromatic carbocycles. The molecule has 0 aliphatic carbocycles. The highest BCUT2D eigenvalue weighted by Gasteiger charge is 2.35. The molecule has 0 atom stereocenters. The molecule has 168 valence electrons. The number of nitrogens with one attached hydrogen (secondary N) is 2. The summed E-state index contributed by atoms with van der Waals surface area (Å²) in [4.78, 5) is 38.4. The first-order valence-electron chi connectivity index (χ1n) is 9.65. The van der Waals surface area contributed by atoms with Crippen molar-refractivity contribution in [2.45, 2.75) is 6.92 Å². The van der Waals surface area contributed by atoms with Crippen LogP contribution in [0, 0.1) is 0 Å². The van der Waals surface area contributed by atoms with Crippen LogP contribution in [-0.4, -0.2) is 50.1 Å². The van der Waals surface area contributed by atoms with Gasteiger partial charge in [-0.25, -0.2) is 9.69 Å². The largest absolute Gasteiger partial charge is 0.495 e. The Hall–Kier alpha value is -3.53. The topological polar surface area (TPSA) is 106 Å². The van der Waals surface area contributed by atoms with Gasteiger partial charge in [-0.05, 0) is 42.8 Å². The summed E-state index contributed by atoms with van der Waals surface area (Å²) in [5.74, 6) is 0.328. The van der Waals surface area contributed by atoms with E-state index < -0.39 is 24.4 Å². The number of halogens is 1. The number of ether oxygens (including phenoxy) is 3. The molecule has 0 unspecified atom stereocenters. The van der Waals surface area contributed by atoms with Gasteiger partial charge in [-0.2, -0.15) is 0 Å². The zero-order valence-electron chi connectivity index (χ0n) is 17.7. The van der Waals surface area contributed by atoms with Crippen molar-refractivity contribution in [1.29, 1.82) is 0 Å². The Morgan fingerprint density at radius 1 is 1.12 bits per heavy atom. The number of carbonyl (C=O) groups excluding carboxylic acids is 3. The molecule has 0 radical (unpaired) electrons. The van der Waals surface area contributed by atoms with Gasteiger partial charge in [0.1, 0.15) is 18.0 Å². The summed E-state index contributed by atoms with van der Waals surface area (Å²) in [7, 11) is 3.00. The fraction of sp³-hybridized carbons (Fsp3) is 0.227. The number of rotatable bonds is 8. The third-order valence-corrected chi connectivity index (χ3v) is 5.21. The minimum absolute atomic E-state index is 0.0356. The Kier molecular flexibility index (Phi) is 7.37. The molecular formula is C22H22BrN3O6. The molecule has 2 aromatic rings. The first-order valence-corrected chi connectivity index (χ1v) is 10.4. The number of imide groups is 1. The van der Waals surface area contributed by atoms with Crippen LogP contribution in [0.1, 0.15) is 12.5 Å². The number of para-hydroxylation sites is 2. The van der Waals surface area contributed by atoms with Gasteiger partial charge in [0, 0.05) is 4.47 Å². The third-order valence-electron chi connectivity index (χ3n) is 4.53. The van der Waals surface area contributed by atoms with Crippen molar-refractivity contribution >= 4 is 45.5 Å². The van der Waals surface area contributed by atoms with E-state index in [1.165, 1.54) is 20.3 Å². The van der Waals surface area contributed by atoms with Gasteiger partial charge in [-0.1, -0.05) is 28.1 Å². The predicted octanol–water partition coefficient (Wildman–Crippen LogP) is 3.40. The Morgan fingerprint density at radius 2 is 1.84 bits per heavy atom. The second-order valence-corrected chi connectivity index (χ2v) is 7.44. The van der Waals surface area contributed by atoms with Crippen LogP contribution in [0.3, 0.4) is 0 Å². The minimum atomic E-state index is -0.689. The van der Waals surface area contributed by atoms with E-state index in [0.29, 0.717) is 39.6 Å². The highest BCUT2D eigenvalue weighted by atomic mass is 79.9. The summed E-state index contributed by atoms with van der Waals surface area (Å²) < 4.78 is 16.7. The third kappa shape index (κ3) is 5.02. The van der Waals surface area contributed by atoms with Crippen LogP contribution in [0.2, 0.25) is 0 Å². The Balaban J connectivity index is 1.78. The molecule has 0 aromatic heterocycles. The van der Waals surface area contributed by atoms with Crippen molar-refractivity contribution in [1.82, 2.24) is 10.2 Å². The van der Waals surface area contributed by atoms with Crippen LogP contribution in [-0.2, 0) is 9.59 Å². The normalized spacial score (nSPS) is 14.4. The minimum Gasteiger partial charge on any atom is -0.495 e. The number of methoxy groups -OCH3 is 2. The van der Waals surface area contributed by atoms with Gasteiger partial charge in [0.05, 0.1) is 26.5 Å². The molecule has 9 nitrogen and oxygen atoms in total. The average molecular weight is 504 g/mol. The van der Waals surface area contributed by atoms with Gasteiger partial charge >= 0.3 is 6.03 Å². The molecule has 2 N–H and O–H groups in total. The number of anilines is 1. The molecule has 0 saturated carbocycles. The molecule has 1 saturated heterocycles. The summed E-state index contributed by atoms with van der Waals surface area (Å²) in [6.45, 7) is 1.82. The van der Waals surface area contributed by atoms with Crippen molar-refractivity contribution in [2.24, 2.45) is 0 Å². The van der Waals surface area contributed by atoms with Crippen molar-refractivity contribution in [3.05, 3.63) is 52.1 Å². The van der Waals surface area contributed by atoms with Crippen LogP contribution < -0.4 is 24.8 Å². The van der Waals surface area contributed by atoms with Gasteiger partial charge in [-0.15, -0.1) is 0 Å². The van der Waals surface area contributed by atoms with Crippen molar-refractivity contribution < 1.29 is 28.6 Å². The lowest BCUT2D eigenvalue weighted by Gasteiger charge is -2.13. The lowest BCUT2D eigenvalue weighted by molar-refractivity contribution is -0.127. The Bertz CT molecular complexity index is 1090. The van der Waals surface area contributed by atoms with Crippen LogP contribution in [0.4, 0.5) is 10.5 Å². The summed E-state index contributed by atoms with van der Waals surface area (Å²) in [6, 6.07) is 9.55. The maximum Gasteiger partial charge on any atom is 0.329 e. The maximum atomic E-state index is 12.8. The van der Waals surface area contributed by atoms with E-state index in [4.69, 9.17) is 14.2 Å². The van der Waals surface area contributed by atoms with E-state index in [-0.39, 0.29) is 5.70 Å². The summed E-state index contributed by atoms with van der Waals surface area (Å²) in [5, 5.41) is 5.14. The van der Waals surface area contributed by atoms with Crippen LogP contribution >= 0.6 is 15.9 Å². The molecule has 4 amide bonds. The fourth-order valence-electron chi connectivity index (χ4n) is 3.04. The number of benzene rings is 2. The van der Waals surface area contributed by atoms with Crippen LogP contribution in [0.25, 0.3) is 6.08 Å². The highest BCUT2D eigenvalue weighted by molar-refractivity contribution is 9.10. The van der Waals surface area contributed by atoms with E-state index in [1.807, 2.05) is 6.92 Å². The lowest BCUT2D eigenvalue weighted by Crippen LogP contribution is -2.38. The summed E-state index contributed by atoms with van der Waals surface area (Å²) in [6.07, 6.45) is 1.50. The predicted molar refractivity (Wildman–Crippen MR) is 122 cm³/mol. The number of hydrogen-bond acceptors (Lipinski definition) is 6. The van der Waals surface area contributed by atoms with Gasteiger partial charge in [0.2, 0.25) is 5.91 Å². The van der Waals surface area contributed by atoms with Crippen LogP contribution in [0.5, 0.6) is 17.2 Å². The number of amides is 4. The standard InChI is InChI=1S/C22H22BrN3O6/c1-4-32-19-10-13(14(23)11-18(19)31-3)9-16-21(28)26(22(29)25-16)12-20(27)24-15-7-5-6-8-17(15)30-2/h5-11H,4,12H2,1-3H3,(H,24,27)(H,25,29)/b16-9+. The van der Waals surface area contributed by atoms with Gasteiger partial charge in [0.15, 0.2) is 11.5 Å². The van der Waals surface area contributed by atoms with E-state index in [2.05, 4.69) is 26.6 Å². The molecule has 0 spiro atoms. The summed E-state index contributed by atoms with van der Waals surface area (Å²) in [5.41, 5.74) is 1.07. The lowest BCUT2D eigenvalue weighted by atomic mass is 10.1. The fourth-order valence-corrected chi connectivity index (χ4v) is 3.48. The zero-order valence-corrected chi connectivity index (χ0v) is 19.3. The second kappa shape index (κ2) is 10.2. The van der Waals surface area contributed by atoms with Crippen molar-refractivity contribution in [3.63, 3.8) is 0 Å². The molecule has 10 heteroatoms. The van der Waals surface area contributed by atoms with E-state index in [9.17, 15) is 14.4 Å². The molecule has 1 aliphatic heterocycles. The number of urea groups is 1. The second-order valence-electron chi connectivity index (χ2n) is 6.59. The molecule has 32 heavy (non-hydrogen) atoms. The average Bonchev–Trinajstić information content (AvgIpc) is 3.03. The first-order chi connectivity index (χ1) is 15.4. The smallest absolute Gasteiger partial charge is 0.329 e. The molecule has 1 aliphatic rings. The zero-order chi connectivity index (χ0) is 23.3. The Labute approximate surface area is 193 Å². The molecular weight excluding hydrogens is 482 g/mol. The summed E-state index contributed by atoms with van der Waals surface area (Å²) >= 11 is 3.43. The van der Waals surface area contributed by atoms with Crippen LogP contribution in [0.15, 0.2) is 46.6 Å². The van der Waals surface area contributed by atoms with E-state index in [1.54, 1.807) is 36.4 Å². The Morgan fingerprint density at radius 3 is 2.53 bits per heavy atom. The highest BCUT2D eigenvalue weighted by Crippen LogP contribution is 2.35. The molecule has 1 fully saturated rings. The van der Waals surface area contributed by atoms with Crippen molar-refractivity contribution in [2.75, 3.05) is 32.7 Å². The van der Waals surface area contributed by atoms with Gasteiger partial charge in [-0.3, -0.25) is 9.59 Å². The quantitative estimate of drug-likeness (QED) is 0.422. The number of hydrogen-bond donors (Lipinski definition) is 2. The SMILES string of the molecule is CCOc1cc(/C=C2/NC(=O)N(CC(=O)Nc3ccccc3OC)C2=O)c(Br)cc1OC. The van der Waals surface area contributed by atoms with Crippen molar-refractivity contribution in [3.8, 4) is 17.2 Å². The number of nitrogens with zero attached hydrogens (tertiary/aromatic N) is 1. The molecule has 1 heterocycles. The molecule has 3 rings (SSSR count). The van der Waals surface area contributed by atoms with E-state index in [0.717, 1.165) is 4.90 Å². The maximum absolute atomic E-state index is 12.8. The first kappa shape index (κ1) is 23.1. The van der Waals surface area contributed by atoms with Gasteiger partial charge < -0.3 is 24.8 Å². The van der Waals surface area contributed by atoms with Gasteiger partial charge in [0.25, 0.3) is 5.91 Å². The molecule has 0 bridgehead atoms. The number of carbonyl (C=O) groups is 3.